The number of carbonyl (C=O) groups excluding carboxylic acids is 3. The van der Waals surface area contributed by atoms with Crippen molar-refractivity contribution in [1.29, 1.82) is 0 Å². The number of aliphatic carboxylic acids is 1. The number of carboxylic acids is 1. The molecule has 3 amide bonds. The minimum Gasteiger partial charge on any atom is -0.477 e. The molecule has 224 valence electrons. The van der Waals surface area contributed by atoms with Crippen LogP contribution in [0.2, 0.25) is 0 Å². The molecule has 13 nitrogen and oxygen atoms in total. The Morgan fingerprint density at radius 3 is 2.72 bits per heavy atom. The first-order valence-electron chi connectivity index (χ1n) is 14.3. The molecule has 1 aliphatic carbocycles. The van der Waals surface area contributed by atoms with Crippen LogP contribution >= 0.6 is 11.3 Å². The molecule has 5 heterocycles. The highest BCUT2D eigenvalue weighted by Crippen LogP contribution is 2.38. The number of β-lactam (4-membered cyclic amide) rings is 1. The number of anilines is 2. The van der Waals surface area contributed by atoms with E-state index in [0.717, 1.165) is 42.8 Å². The summed E-state index contributed by atoms with van der Waals surface area (Å²) in [5.74, 6) is -1.93. The van der Waals surface area contributed by atoms with Crippen LogP contribution in [0, 0.1) is 0 Å². The Hall–Kier alpha value is -4.59. The van der Waals surface area contributed by atoms with Crippen LogP contribution in [-0.4, -0.2) is 69.1 Å². The van der Waals surface area contributed by atoms with Gasteiger partial charge >= 0.3 is 11.9 Å². The summed E-state index contributed by atoms with van der Waals surface area (Å²) in [6, 6.07) is 4.08. The number of fused-ring (bicyclic) bond motifs is 1. The first kappa shape index (κ1) is 28.5. The number of carbonyl (C=O) groups is 4. The van der Waals surface area contributed by atoms with Gasteiger partial charge in [0.25, 0.3) is 17.6 Å². The zero-order chi connectivity index (χ0) is 30.2. The van der Waals surface area contributed by atoms with Gasteiger partial charge < -0.3 is 21.0 Å². The van der Waals surface area contributed by atoms with E-state index in [1.54, 1.807) is 16.4 Å². The van der Waals surface area contributed by atoms with Crippen LogP contribution in [0.5, 0.6) is 0 Å². The van der Waals surface area contributed by atoms with Gasteiger partial charge in [0.1, 0.15) is 23.5 Å². The third-order valence-electron chi connectivity index (χ3n) is 8.32. The van der Waals surface area contributed by atoms with Crippen LogP contribution < -0.4 is 20.5 Å². The number of amides is 3. The molecule has 0 radical (unpaired) electrons. The van der Waals surface area contributed by atoms with E-state index in [1.165, 1.54) is 4.90 Å². The number of oxime groups is 1. The molecule has 0 unspecified atom stereocenters. The first-order chi connectivity index (χ1) is 20.7. The van der Waals surface area contributed by atoms with E-state index < -0.39 is 29.9 Å². The Balaban J connectivity index is 1.20. The number of hydrogen-bond donors (Lipinski definition) is 3. The lowest BCUT2D eigenvalue weighted by Gasteiger charge is -2.50. The number of aromatic nitrogens is 2. The van der Waals surface area contributed by atoms with E-state index in [2.05, 4.69) is 15.5 Å². The van der Waals surface area contributed by atoms with Gasteiger partial charge in [-0.25, -0.2) is 19.1 Å². The highest BCUT2D eigenvalue weighted by Gasteiger charge is 2.53. The van der Waals surface area contributed by atoms with Crippen molar-refractivity contribution in [3.63, 3.8) is 0 Å². The second kappa shape index (κ2) is 11.6. The molecule has 4 aliphatic rings. The number of aryl methyl sites for hydroxylation is 1. The molecule has 14 heteroatoms. The average molecular weight is 607 g/mol. The number of rotatable bonds is 8. The molecule has 0 spiro atoms. The van der Waals surface area contributed by atoms with Gasteiger partial charge in [-0.3, -0.25) is 14.5 Å². The van der Waals surface area contributed by atoms with Gasteiger partial charge in [-0.2, -0.15) is 4.90 Å². The number of nitrogens with two attached hydrogens (primary N) is 1. The Labute approximate surface area is 251 Å². The predicted octanol–water partition coefficient (Wildman–Crippen LogP) is 1.40. The summed E-state index contributed by atoms with van der Waals surface area (Å²) in [7, 11) is 1.85. The van der Waals surface area contributed by atoms with E-state index in [9.17, 15) is 24.3 Å². The normalized spacial score (nSPS) is 23.6. The standard InChI is InChI=1S/C29H31N7O6S/c1-34-12-5-4-8-21(34)35-13-11-17(26(35)38)14-16-9-10-20-23(27(39)36(20)24(16)28(40)41)32-25(37)22(19-15-43-29(30)31-19)33-42-18-6-2-3-7-18/h4-5,8,12,14-15,18,20,23H,2-3,6-7,9-11,13H2,1H3,(H3-,30,31,32,37,40,41)/p+1/t20-,23+/m1/s1. The lowest BCUT2D eigenvalue weighted by Crippen LogP contribution is -2.72. The highest BCUT2D eigenvalue weighted by atomic mass is 32.1. The Morgan fingerprint density at radius 1 is 1.23 bits per heavy atom. The van der Waals surface area contributed by atoms with Gasteiger partial charge in [-0.15, -0.1) is 11.3 Å². The van der Waals surface area contributed by atoms with Crippen LogP contribution in [0.1, 0.15) is 50.6 Å². The lowest BCUT2D eigenvalue weighted by molar-refractivity contribution is -0.658. The molecule has 2 saturated heterocycles. The zero-order valence-corrected chi connectivity index (χ0v) is 24.4. The average Bonchev–Trinajstić information content (AvgIpc) is 3.74. The van der Waals surface area contributed by atoms with Crippen molar-refractivity contribution in [1.82, 2.24) is 15.2 Å². The highest BCUT2D eigenvalue weighted by molar-refractivity contribution is 7.13. The van der Waals surface area contributed by atoms with Gasteiger partial charge in [0, 0.05) is 23.4 Å². The Bertz CT molecular complexity index is 1590. The third-order valence-corrected chi connectivity index (χ3v) is 8.99. The van der Waals surface area contributed by atoms with Gasteiger partial charge in [0.15, 0.2) is 10.8 Å². The molecule has 43 heavy (non-hydrogen) atoms. The third kappa shape index (κ3) is 5.38. The van der Waals surface area contributed by atoms with Crippen molar-refractivity contribution >= 4 is 51.7 Å². The van der Waals surface area contributed by atoms with Gasteiger partial charge in [-0.05, 0) is 56.2 Å². The maximum Gasteiger partial charge on any atom is 0.352 e. The van der Waals surface area contributed by atoms with E-state index in [0.29, 0.717) is 37.0 Å². The molecule has 0 aromatic carbocycles. The van der Waals surface area contributed by atoms with Gasteiger partial charge in [-0.1, -0.05) is 11.2 Å². The summed E-state index contributed by atoms with van der Waals surface area (Å²) in [6.45, 7) is 0.469. The number of pyridine rings is 1. The summed E-state index contributed by atoms with van der Waals surface area (Å²) < 4.78 is 1.85. The van der Waals surface area contributed by atoms with Crippen LogP contribution in [0.25, 0.3) is 0 Å². The maximum atomic E-state index is 13.3. The predicted molar refractivity (Wildman–Crippen MR) is 156 cm³/mol. The van der Waals surface area contributed by atoms with Crippen molar-refractivity contribution in [2.24, 2.45) is 12.2 Å². The molecular weight excluding hydrogens is 574 g/mol. The maximum absolute atomic E-state index is 13.3. The number of thiazole rings is 1. The zero-order valence-electron chi connectivity index (χ0n) is 23.6. The first-order valence-corrected chi connectivity index (χ1v) is 15.1. The molecule has 2 atom stereocenters. The molecule has 6 rings (SSSR count). The largest absolute Gasteiger partial charge is 0.477 e. The van der Waals surface area contributed by atoms with E-state index in [4.69, 9.17) is 10.6 Å². The van der Waals surface area contributed by atoms with Crippen molar-refractivity contribution in [3.05, 3.63) is 58.4 Å². The number of hydrogen-bond acceptors (Lipinski definition) is 9. The number of nitrogen functional groups attached to an aromatic ring is 1. The molecule has 1 saturated carbocycles. The fourth-order valence-electron chi connectivity index (χ4n) is 6.14. The van der Waals surface area contributed by atoms with Gasteiger partial charge in [0.05, 0.1) is 25.8 Å². The molecule has 2 aromatic heterocycles. The van der Waals surface area contributed by atoms with Gasteiger partial charge in [0.2, 0.25) is 0 Å². The topological polar surface area (TPSA) is 171 Å². The van der Waals surface area contributed by atoms with E-state index in [1.807, 2.05) is 36.0 Å². The van der Waals surface area contributed by atoms with Crippen LogP contribution in [0.3, 0.4) is 0 Å². The Morgan fingerprint density at radius 2 is 2.02 bits per heavy atom. The lowest BCUT2D eigenvalue weighted by atomic mass is 9.82. The summed E-state index contributed by atoms with van der Waals surface area (Å²) in [5, 5.41) is 18.8. The fraction of sp³-hybridized carbons (Fsp3) is 0.414. The number of nitrogens with zero attached hydrogens (tertiary/aromatic N) is 5. The van der Waals surface area contributed by atoms with Crippen molar-refractivity contribution in [2.75, 3.05) is 17.2 Å². The quantitative estimate of drug-likeness (QED) is 0.133. The Kier molecular flexibility index (Phi) is 7.69. The summed E-state index contributed by atoms with van der Waals surface area (Å²) in [5.41, 5.74) is 6.67. The second-order valence-electron chi connectivity index (χ2n) is 11.0. The summed E-state index contributed by atoms with van der Waals surface area (Å²) in [6.07, 6.45) is 8.29. The molecule has 0 bridgehead atoms. The van der Waals surface area contributed by atoms with E-state index in [-0.39, 0.29) is 34.2 Å². The van der Waals surface area contributed by atoms with Crippen molar-refractivity contribution < 1.29 is 33.7 Å². The van der Waals surface area contributed by atoms with Crippen molar-refractivity contribution in [2.45, 2.75) is 63.1 Å². The second-order valence-corrected chi connectivity index (χ2v) is 11.9. The molecule has 3 fully saturated rings. The SMILES string of the molecule is C[n+]1ccccc1N1CCC(=CC2=C(C(=O)O)N3C(=O)[C@@H](NC(=O)C(=NOC4CCCC4)c4csc(N)n4)[C@H]3CC2)C1=O. The minimum atomic E-state index is -1.27. The van der Waals surface area contributed by atoms with E-state index >= 15 is 0 Å². The monoisotopic (exact) mass is 606 g/mol. The molecular formula is C29H32N7O6S+. The number of nitrogens with one attached hydrogen (secondary N) is 1. The molecule has 3 aliphatic heterocycles. The van der Waals surface area contributed by atoms with Crippen LogP contribution in [-0.2, 0) is 31.1 Å². The number of allylic oxidation sites excluding steroid dienone is 2. The smallest absolute Gasteiger partial charge is 0.352 e. The van der Waals surface area contributed by atoms with Crippen LogP contribution in [0.15, 0.2) is 57.9 Å². The van der Waals surface area contributed by atoms with Crippen molar-refractivity contribution in [3.8, 4) is 0 Å². The van der Waals surface area contributed by atoms with Crippen LogP contribution in [0.4, 0.5) is 10.9 Å². The number of carboxylic acid groups (broad SMARTS) is 1. The fourth-order valence-corrected chi connectivity index (χ4v) is 6.68. The minimum absolute atomic E-state index is 0.0857. The summed E-state index contributed by atoms with van der Waals surface area (Å²) in [4.78, 5) is 65.0. The summed E-state index contributed by atoms with van der Waals surface area (Å²) >= 11 is 1.15. The molecule has 4 N–H and O–H groups in total. The molecule has 2 aromatic rings.